The van der Waals surface area contributed by atoms with Gasteiger partial charge in [0, 0.05) is 24.4 Å². The van der Waals surface area contributed by atoms with Crippen molar-refractivity contribution in [2.75, 3.05) is 6.61 Å². The van der Waals surface area contributed by atoms with Crippen molar-refractivity contribution in [3.8, 4) is 0 Å². The first kappa shape index (κ1) is 18.4. The normalized spacial score (nSPS) is 16.1. The molecule has 1 aromatic carbocycles. The molecular formula is C13H15Li2N2O2. The van der Waals surface area contributed by atoms with E-state index in [9.17, 15) is 5.11 Å². The van der Waals surface area contributed by atoms with E-state index in [1.54, 1.807) is 6.92 Å². The Hall–Kier alpha value is -0.645. The van der Waals surface area contributed by atoms with Crippen LogP contribution in [0, 0.1) is 0 Å². The van der Waals surface area contributed by atoms with Gasteiger partial charge in [-0.3, -0.25) is 0 Å². The zero-order chi connectivity index (χ0) is 12.1. The molecule has 4 nitrogen and oxygen atoms in total. The molecule has 0 saturated heterocycles. The van der Waals surface area contributed by atoms with Crippen LogP contribution >= 0.6 is 0 Å². The monoisotopic (exact) mass is 245 g/mol. The molecular weight excluding hydrogens is 230 g/mol. The van der Waals surface area contributed by atoms with E-state index >= 15 is 0 Å². The number of nitrogens with zero attached hydrogens (tertiary/aromatic N) is 2. The Morgan fingerprint density at radius 3 is 2.79 bits per heavy atom. The van der Waals surface area contributed by atoms with Crippen LogP contribution in [0.3, 0.4) is 0 Å². The van der Waals surface area contributed by atoms with Gasteiger partial charge in [0.2, 0.25) is 0 Å². The van der Waals surface area contributed by atoms with Crippen molar-refractivity contribution >= 4 is 30.7 Å². The minimum Gasteiger partial charge on any atom is -0.599 e. The van der Waals surface area contributed by atoms with E-state index in [1.165, 1.54) is 5.56 Å². The Labute approximate surface area is 137 Å². The zero-order valence-corrected chi connectivity index (χ0v) is 11.8. The van der Waals surface area contributed by atoms with Crippen LogP contribution < -0.4 is 24.0 Å². The number of aryl methyl sites for hydroxylation is 1. The molecule has 0 fully saturated rings. The molecule has 0 bridgehead atoms. The van der Waals surface area contributed by atoms with Crippen molar-refractivity contribution in [2.24, 2.45) is 10.2 Å². The average molecular weight is 245 g/mol. The first-order chi connectivity index (χ1) is 8.31. The second-order valence-electron chi connectivity index (χ2n) is 3.86. The van der Waals surface area contributed by atoms with Gasteiger partial charge >= 0.3 is 18.9 Å². The number of hydrogen-bond donors (Lipinski definition) is 0. The van der Waals surface area contributed by atoms with Gasteiger partial charge in [0.1, 0.15) is 0 Å². The Bertz CT molecular complexity index is 462. The van der Waals surface area contributed by atoms with Crippen LogP contribution in [-0.2, 0) is 11.2 Å². The molecule has 0 amide bonds. The van der Waals surface area contributed by atoms with Crippen LogP contribution in [0.25, 0.3) is 0 Å². The largest absolute Gasteiger partial charge is 1.00 e. The van der Waals surface area contributed by atoms with Gasteiger partial charge in [-0.1, -0.05) is 31.2 Å². The number of benzene rings is 1. The smallest absolute Gasteiger partial charge is 0.599 e. The molecule has 2 rings (SSSR count). The van der Waals surface area contributed by atoms with Crippen molar-refractivity contribution in [3.05, 3.63) is 35.4 Å². The standard InChI is InChI=1S/C13H16N2O2.2Li/c1-2-17-13(16)15-14-12-9-5-7-10-6-3-4-8-11(10)12;;/h3-4,6,8H,2,5,7,9H2,1H3,(H,15,16);;/q;;+1/p-1/b14-12-;;. The molecule has 0 N–H and O–H groups in total. The summed E-state index contributed by atoms with van der Waals surface area (Å²) in [6.45, 7) is 2.07. The SMILES string of the molecule is CCOC([O-])=N/N=C1/CCCc2ccccc21.[Li+].[Li]. The quantitative estimate of drug-likeness (QED) is 0.264. The van der Waals surface area contributed by atoms with Gasteiger partial charge in [0.25, 0.3) is 0 Å². The summed E-state index contributed by atoms with van der Waals surface area (Å²) in [5.74, 6) is 0. The Morgan fingerprint density at radius 2 is 2.05 bits per heavy atom. The van der Waals surface area contributed by atoms with Crippen LogP contribution in [0.2, 0.25) is 0 Å². The molecule has 1 aliphatic rings. The van der Waals surface area contributed by atoms with E-state index in [0.717, 1.165) is 30.5 Å². The number of hydrogen-bond acceptors (Lipinski definition) is 4. The van der Waals surface area contributed by atoms with Crippen molar-refractivity contribution in [2.45, 2.75) is 26.2 Å². The summed E-state index contributed by atoms with van der Waals surface area (Å²) in [5.41, 5.74) is 3.25. The summed E-state index contributed by atoms with van der Waals surface area (Å²) >= 11 is 0. The molecule has 0 unspecified atom stereocenters. The minimum absolute atomic E-state index is 0. The van der Waals surface area contributed by atoms with Crippen LogP contribution in [0.5, 0.6) is 0 Å². The van der Waals surface area contributed by atoms with Crippen molar-refractivity contribution in [3.63, 3.8) is 0 Å². The summed E-state index contributed by atoms with van der Waals surface area (Å²) in [6, 6.07) is 8.11. The predicted molar refractivity (Wildman–Crippen MR) is 70.7 cm³/mol. The Kier molecular flexibility index (Phi) is 8.97. The molecule has 0 saturated carbocycles. The second kappa shape index (κ2) is 9.29. The third-order valence-electron chi connectivity index (χ3n) is 2.71. The maximum absolute atomic E-state index is 11.1. The average Bonchev–Trinajstić information content (AvgIpc) is 2.36. The molecule has 1 aliphatic carbocycles. The maximum atomic E-state index is 11.1. The van der Waals surface area contributed by atoms with Crippen molar-refractivity contribution < 1.29 is 28.7 Å². The number of fused-ring (bicyclic) bond motifs is 1. The van der Waals surface area contributed by atoms with E-state index < -0.39 is 6.08 Å². The molecule has 0 spiro atoms. The van der Waals surface area contributed by atoms with E-state index in [2.05, 4.69) is 16.3 Å². The topological polar surface area (TPSA) is 57.0 Å². The zero-order valence-electron chi connectivity index (χ0n) is 11.8. The fourth-order valence-electron chi connectivity index (χ4n) is 1.96. The fraction of sp³-hybridized carbons (Fsp3) is 0.385. The van der Waals surface area contributed by atoms with E-state index in [1.807, 2.05) is 18.2 Å². The number of rotatable bonds is 2. The third kappa shape index (κ3) is 5.09. The van der Waals surface area contributed by atoms with Gasteiger partial charge in [-0.05, 0) is 31.4 Å². The molecule has 0 aromatic heterocycles. The summed E-state index contributed by atoms with van der Waals surface area (Å²) in [5, 5.41) is 18.7. The van der Waals surface area contributed by atoms with Crippen molar-refractivity contribution in [1.29, 1.82) is 0 Å². The van der Waals surface area contributed by atoms with Crippen LogP contribution in [0.15, 0.2) is 34.5 Å². The molecule has 1 radical (unpaired) electrons. The first-order valence-electron chi connectivity index (χ1n) is 5.84. The maximum Gasteiger partial charge on any atom is 1.00 e. The molecule has 1 aromatic rings. The van der Waals surface area contributed by atoms with E-state index in [4.69, 9.17) is 4.74 Å². The summed E-state index contributed by atoms with van der Waals surface area (Å²) in [4.78, 5) is 0. The second-order valence-corrected chi connectivity index (χ2v) is 3.86. The molecule has 19 heavy (non-hydrogen) atoms. The Morgan fingerprint density at radius 1 is 1.32 bits per heavy atom. The molecule has 0 heterocycles. The van der Waals surface area contributed by atoms with Crippen LogP contribution in [-0.4, -0.2) is 37.3 Å². The minimum atomic E-state index is -0.622. The summed E-state index contributed by atoms with van der Waals surface area (Å²) in [7, 11) is 0. The van der Waals surface area contributed by atoms with Gasteiger partial charge < -0.3 is 9.84 Å². The van der Waals surface area contributed by atoms with Gasteiger partial charge in [0.15, 0.2) is 6.08 Å². The van der Waals surface area contributed by atoms with Crippen molar-refractivity contribution in [1.82, 2.24) is 0 Å². The van der Waals surface area contributed by atoms with E-state index in [0.29, 0.717) is 6.61 Å². The van der Waals surface area contributed by atoms with Gasteiger partial charge in [-0.15, -0.1) is 5.10 Å². The van der Waals surface area contributed by atoms with Gasteiger partial charge in [0.05, 0.1) is 5.71 Å². The Balaban J connectivity index is 0.00000162. The molecule has 0 aliphatic heterocycles. The number of ether oxygens (including phenoxy) is 1. The first-order valence-corrected chi connectivity index (χ1v) is 5.84. The van der Waals surface area contributed by atoms with Crippen LogP contribution in [0.1, 0.15) is 30.9 Å². The third-order valence-corrected chi connectivity index (χ3v) is 2.71. The fourth-order valence-corrected chi connectivity index (χ4v) is 1.96. The van der Waals surface area contributed by atoms with E-state index in [-0.39, 0.29) is 37.7 Å². The van der Waals surface area contributed by atoms with Gasteiger partial charge in [-0.2, -0.15) is 5.10 Å². The summed E-state index contributed by atoms with van der Waals surface area (Å²) in [6.07, 6.45) is 2.35. The predicted octanol–water partition coefficient (Wildman–Crippen LogP) is -1.90. The van der Waals surface area contributed by atoms with Gasteiger partial charge in [-0.25, -0.2) is 0 Å². The molecule has 0 atom stereocenters. The molecule has 91 valence electrons. The summed E-state index contributed by atoms with van der Waals surface area (Å²) < 4.78 is 4.71. The van der Waals surface area contributed by atoms with Crippen LogP contribution in [0.4, 0.5) is 0 Å². The molecule has 6 heteroatoms.